The highest BCUT2D eigenvalue weighted by molar-refractivity contribution is 6.22. The summed E-state index contributed by atoms with van der Waals surface area (Å²) in [5.74, 6) is 1.21. The van der Waals surface area contributed by atoms with Crippen molar-refractivity contribution in [3.05, 3.63) is 35.4 Å². The van der Waals surface area contributed by atoms with Crippen LogP contribution < -0.4 is 0 Å². The van der Waals surface area contributed by atoms with Gasteiger partial charge in [-0.05, 0) is 24.5 Å². The summed E-state index contributed by atoms with van der Waals surface area (Å²) < 4.78 is 0. The average molecular weight is 287 g/mol. The monoisotopic (exact) mass is 286 g/mol. The smallest absolute Gasteiger partial charge is 0.0332 e. The molecular weight excluding hydrogens is 263 g/mol. The number of aryl methyl sites for hydroxylation is 1. The molecule has 1 aromatic carbocycles. The molecule has 102 valence electrons. The number of hydrogen-bond acceptors (Lipinski definition) is 0. The van der Waals surface area contributed by atoms with Gasteiger partial charge in [0.25, 0.3) is 0 Å². The first-order valence-electron chi connectivity index (χ1n) is 6.88. The normalized spacial score (nSPS) is 11.8. The highest BCUT2D eigenvalue weighted by Crippen LogP contribution is 2.35. The SMILES string of the molecule is CCCCCCC(CCl)(CCl)c1ccccc1C. The molecule has 0 aliphatic carbocycles. The topological polar surface area (TPSA) is 0 Å². The molecule has 0 radical (unpaired) electrons. The van der Waals surface area contributed by atoms with Gasteiger partial charge in [0, 0.05) is 17.2 Å². The van der Waals surface area contributed by atoms with Crippen molar-refractivity contribution in [1.82, 2.24) is 0 Å². The number of hydrogen-bond donors (Lipinski definition) is 0. The van der Waals surface area contributed by atoms with Crippen LogP contribution in [0.15, 0.2) is 24.3 Å². The van der Waals surface area contributed by atoms with E-state index in [1.165, 1.54) is 36.8 Å². The molecule has 0 atom stereocenters. The number of rotatable bonds is 8. The summed E-state index contributed by atoms with van der Waals surface area (Å²) in [5, 5.41) is 0. The Kier molecular flexibility index (Phi) is 7.11. The van der Waals surface area contributed by atoms with Gasteiger partial charge in [0.05, 0.1) is 0 Å². The minimum atomic E-state index is -0.0534. The first kappa shape index (κ1) is 15.9. The molecule has 0 amide bonds. The molecule has 0 fully saturated rings. The van der Waals surface area contributed by atoms with E-state index in [4.69, 9.17) is 23.2 Å². The van der Waals surface area contributed by atoms with Crippen molar-refractivity contribution in [2.75, 3.05) is 11.8 Å². The summed E-state index contributed by atoms with van der Waals surface area (Å²) in [4.78, 5) is 0. The molecule has 0 bridgehead atoms. The van der Waals surface area contributed by atoms with Gasteiger partial charge in [-0.3, -0.25) is 0 Å². The molecule has 2 heteroatoms. The van der Waals surface area contributed by atoms with Gasteiger partial charge in [0.2, 0.25) is 0 Å². The fraction of sp³-hybridized carbons (Fsp3) is 0.625. The van der Waals surface area contributed by atoms with Gasteiger partial charge in [-0.2, -0.15) is 0 Å². The van der Waals surface area contributed by atoms with Crippen molar-refractivity contribution < 1.29 is 0 Å². The molecule has 1 rings (SSSR count). The third kappa shape index (κ3) is 3.90. The predicted molar refractivity (Wildman–Crippen MR) is 83.1 cm³/mol. The first-order chi connectivity index (χ1) is 8.70. The Bertz CT molecular complexity index is 343. The highest BCUT2D eigenvalue weighted by Gasteiger charge is 2.31. The molecule has 0 aliphatic heterocycles. The van der Waals surface area contributed by atoms with Crippen molar-refractivity contribution in [3.63, 3.8) is 0 Å². The highest BCUT2D eigenvalue weighted by atomic mass is 35.5. The van der Waals surface area contributed by atoms with Gasteiger partial charge in [-0.1, -0.05) is 56.9 Å². The fourth-order valence-electron chi connectivity index (χ4n) is 2.51. The average Bonchev–Trinajstić information content (AvgIpc) is 2.41. The Labute approximate surface area is 122 Å². The minimum absolute atomic E-state index is 0.0534. The number of benzene rings is 1. The lowest BCUT2D eigenvalue weighted by Gasteiger charge is -2.32. The third-order valence-electron chi connectivity index (χ3n) is 3.74. The standard InChI is InChI=1S/C16H24Cl2/c1-3-4-5-8-11-16(12-17,13-18)15-10-7-6-9-14(15)2/h6-7,9-10H,3-5,8,11-13H2,1-2H3. The van der Waals surface area contributed by atoms with E-state index in [0.29, 0.717) is 11.8 Å². The fourth-order valence-corrected chi connectivity index (χ4v) is 3.35. The van der Waals surface area contributed by atoms with E-state index in [0.717, 1.165) is 6.42 Å². The second kappa shape index (κ2) is 8.07. The summed E-state index contributed by atoms with van der Waals surface area (Å²) in [6.45, 7) is 4.38. The number of halogens is 2. The second-order valence-electron chi connectivity index (χ2n) is 5.17. The van der Waals surface area contributed by atoms with Gasteiger partial charge in [-0.25, -0.2) is 0 Å². The molecule has 1 aromatic rings. The van der Waals surface area contributed by atoms with Gasteiger partial charge >= 0.3 is 0 Å². The molecule has 0 aliphatic rings. The van der Waals surface area contributed by atoms with Crippen molar-refractivity contribution in [2.45, 2.75) is 51.4 Å². The number of unbranched alkanes of at least 4 members (excludes halogenated alkanes) is 3. The third-order valence-corrected chi connectivity index (χ3v) is 4.76. The van der Waals surface area contributed by atoms with Crippen LogP contribution in [-0.2, 0) is 5.41 Å². The zero-order valence-electron chi connectivity index (χ0n) is 11.5. The van der Waals surface area contributed by atoms with E-state index in [9.17, 15) is 0 Å². The second-order valence-corrected chi connectivity index (χ2v) is 5.71. The molecular formula is C16H24Cl2. The van der Waals surface area contributed by atoms with Crippen LogP contribution in [0.4, 0.5) is 0 Å². The molecule has 0 heterocycles. The lowest BCUT2D eigenvalue weighted by Crippen LogP contribution is -2.31. The van der Waals surface area contributed by atoms with Gasteiger partial charge in [0.15, 0.2) is 0 Å². The van der Waals surface area contributed by atoms with Crippen LogP contribution in [0, 0.1) is 6.92 Å². The molecule has 18 heavy (non-hydrogen) atoms. The van der Waals surface area contributed by atoms with Gasteiger partial charge in [-0.15, -0.1) is 23.2 Å². The molecule has 0 N–H and O–H groups in total. The summed E-state index contributed by atoms with van der Waals surface area (Å²) >= 11 is 12.5. The zero-order valence-corrected chi connectivity index (χ0v) is 13.0. The Morgan fingerprint density at radius 3 is 2.22 bits per heavy atom. The maximum absolute atomic E-state index is 6.26. The van der Waals surface area contributed by atoms with E-state index < -0.39 is 0 Å². The molecule has 0 aromatic heterocycles. The van der Waals surface area contributed by atoms with Crippen LogP contribution in [0.5, 0.6) is 0 Å². The van der Waals surface area contributed by atoms with Crippen molar-refractivity contribution in [2.24, 2.45) is 0 Å². The van der Waals surface area contributed by atoms with Crippen molar-refractivity contribution >= 4 is 23.2 Å². The van der Waals surface area contributed by atoms with Crippen LogP contribution in [0.2, 0.25) is 0 Å². The molecule has 0 unspecified atom stereocenters. The summed E-state index contributed by atoms with van der Waals surface area (Å²) in [5.41, 5.74) is 2.57. The van der Waals surface area contributed by atoms with Crippen LogP contribution in [0.3, 0.4) is 0 Å². The Hall–Kier alpha value is -0.200. The van der Waals surface area contributed by atoms with E-state index >= 15 is 0 Å². The summed E-state index contributed by atoms with van der Waals surface area (Å²) in [6, 6.07) is 8.49. The van der Waals surface area contributed by atoms with Crippen molar-refractivity contribution in [1.29, 1.82) is 0 Å². The predicted octanol–water partition coefficient (Wildman–Crippen LogP) is 5.68. The molecule has 0 saturated heterocycles. The maximum Gasteiger partial charge on any atom is 0.0332 e. The Balaban J connectivity index is 2.83. The quantitative estimate of drug-likeness (QED) is 0.426. The van der Waals surface area contributed by atoms with Crippen LogP contribution >= 0.6 is 23.2 Å². The van der Waals surface area contributed by atoms with Gasteiger partial charge in [0.1, 0.15) is 0 Å². The van der Waals surface area contributed by atoms with E-state index in [1.54, 1.807) is 0 Å². The van der Waals surface area contributed by atoms with Gasteiger partial charge < -0.3 is 0 Å². The summed E-state index contributed by atoms with van der Waals surface area (Å²) in [6.07, 6.45) is 6.14. The van der Waals surface area contributed by atoms with E-state index in [-0.39, 0.29) is 5.41 Å². The Morgan fingerprint density at radius 1 is 1.00 bits per heavy atom. The maximum atomic E-state index is 6.26. The lowest BCUT2D eigenvalue weighted by molar-refractivity contribution is 0.454. The molecule has 0 saturated carbocycles. The lowest BCUT2D eigenvalue weighted by atomic mass is 9.77. The zero-order chi connectivity index (χ0) is 13.4. The van der Waals surface area contributed by atoms with E-state index in [1.807, 2.05) is 0 Å². The number of alkyl halides is 2. The van der Waals surface area contributed by atoms with Crippen LogP contribution in [0.25, 0.3) is 0 Å². The Morgan fingerprint density at radius 2 is 1.67 bits per heavy atom. The van der Waals surface area contributed by atoms with Crippen LogP contribution in [0.1, 0.15) is 50.2 Å². The van der Waals surface area contributed by atoms with Crippen LogP contribution in [-0.4, -0.2) is 11.8 Å². The minimum Gasteiger partial charge on any atom is -0.126 e. The largest absolute Gasteiger partial charge is 0.126 e. The van der Waals surface area contributed by atoms with Crippen molar-refractivity contribution in [3.8, 4) is 0 Å². The first-order valence-corrected chi connectivity index (χ1v) is 7.95. The molecule has 0 nitrogen and oxygen atoms in total. The summed E-state index contributed by atoms with van der Waals surface area (Å²) in [7, 11) is 0. The van der Waals surface area contributed by atoms with E-state index in [2.05, 4.69) is 38.1 Å². The molecule has 0 spiro atoms.